The first kappa shape index (κ1) is 22.2. The molecule has 2 N–H and O–H groups in total. The summed E-state index contributed by atoms with van der Waals surface area (Å²) in [7, 11) is 0. The van der Waals surface area contributed by atoms with E-state index in [9.17, 15) is 19.8 Å². The average molecular weight is 405 g/mol. The van der Waals surface area contributed by atoms with Gasteiger partial charge >= 0.3 is 0 Å². The Morgan fingerprint density at radius 1 is 1.29 bits per heavy atom. The fourth-order valence-corrected chi connectivity index (χ4v) is 4.04. The van der Waals surface area contributed by atoms with Crippen molar-refractivity contribution in [3.8, 4) is 11.5 Å². The summed E-state index contributed by atoms with van der Waals surface area (Å²) in [6, 6.07) is 0. The summed E-state index contributed by atoms with van der Waals surface area (Å²) in [5.74, 6) is 0.233. The molecule has 0 radical (unpaired) electrons. The van der Waals surface area contributed by atoms with Gasteiger partial charge in [0.25, 0.3) is 0 Å². The van der Waals surface area contributed by atoms with Crippen LogP contribution >= 0.6 is 11.6 Å². The maximum absolute atomic E-state index is 12.2. The zero-order valence-electron chi connectivity index (χ0n) is 17.2. The van der Waals surface area contributed by atoms with Crippen molar-refractivity contribution < 1.29 is 19.8 Å². The van der Waals surface area contributed by atoms with Crippen LogP contribution in [-0.2, 0) is 11.2 Å². The van der Waals surface area contributed by atoms with Crippen molar-refractivity contribution in [1.29, 1.82) is 0 Å². The van der Waals surface area contributed by atoms with Gasteiger partial charge in [-0.05, 0) is 43.6 Å². The molecule has 5 heteroatoms. The second-order valence-corrected chi connectivity index (χ2v) is 8.50. The first-order valence-corrected chi connectivity index (χ1v) is 9.99. The fourth-order valence-electron chi connectivity index (χ4n) is 3.83. The number of phenols is 2. The molecule has 0 aliphatic heterocycles. The van der Waals surface area contributed by atoms with Gasteiger partial charge in [-0.15, -0.1) is 0 Å². The number of phenolic OH excluding ortho intramolecular Hbond substituents is 2. The van der Waals surface area contributed by atoms with Gasteiger partial charge in [-0.25, -0.2) is 0 Å². The molecule has 1 aromatic carbocycles. The lowest BCUT2D eigenvalue weighted by atomic mass is 9.61. The second kappa shape index (κ2) is 8.52. The van der Waals surface area contributed by atoms with E-state index in [0.29, 0.717) is 30.0 Å². The summed E-state index contributed by atoms with van der Waals surface area (Å²) in [6.07, 6.45) is 8.25. The Morgan fingerprint density at radius 2 is 1.93 bits per heavy atom. The number of halogens is 1. The first-order chi connectivity index (χ1) is 13.0. The predicted molar refractivity (Wildman–Crippen MR) is 112 cm³/mol. The van der Waals surface area contributed by atoms with Gasteiger partial charge in [0.1, 0.15) is 17.3 Å². The van der Waals surface area contributed by atoms with Gasteiger partial charge in [-0.3, -0.25) is 9.59 Å². The van der Waals surface area contributed by atoms with Gasteiger partial charge in [0.15, 0.2) is 6.29 Å². The van der Waals surface area contributed by atoms with Crippen molar-refractivity contribution in [2.24, 2.45) is 17.3 Å². The van der Waals surface area contributed by atoms with E-state index in [-0.39, 0.29) is 45.4 Å². The molecule has 0 heterocycles. The summed E-state index contributed by atoms with van der Waals surface area (Å²) in [5.41, 5.74) is 1.41. The highest BCUT2D eigenvalue weighted by molar-refractivity contribution is 6.33. The summed E-state index contributed by atoms with van der Waals surface area (Å²) in [5, 5.41) is 20.7. The smallest absolute Gasteiger partial charge is 0.154 e. The molecule has 1 aliphatic carbocycles. The summed E-state index contributed by atoms with van der Waals surface area (Å²) in [4.78, 5) is 23.4. The number of aromatic hydroxyl groups is 2. The molecule has 3 atom stereocenters. The minimum atomic E-state index is -0.241. The number of allylic oxidation sites excluding steroid dienone is 4. The SMILES string of the molecule is CC(/C=C\[C@]1(C)[C@H](C)CCC(=O)[C@@H]1C)=C\Cc1c(O)c(Cl)c(C)c(C=O)c1O. The van der Waals surface area contributed by atoms with Crippen molar-refractivity contribution in [3.05, 3.63) is 45.5 Å². The number of Topliss-reactive ketones (excluding diaryl/α,β-unsaturated/α-hetero) is 1. The van der Waals surface area contributed by atoms with Crippen LogP contribution in [0.2, 0.25) is 5.02 Å². The number of carbonyl (C=O) groups excluding carboxylic acids is 2. The largest absolute Gasteiger partial charge is 0.507 e. The van der Waals surface area contributed by atoms with E-state index in [1.165, 1.54) is 0 Å². The van der Waals surface area contributed by atoms with Crippen LogP contribution in [-0.4, -0.2) is 22.3 Å². The lowest BCUT2D eigenvalue weighted by Gasteiger charge is -2.42. The molecule has 1 fully saturated rings. The zero-order chi connectivity index (χ0) is 21.2. The highest BCUT2D eigenvalue weighted by Crippen LogP contribution is 2.45. The van der Waals surface area contributed by atoms with Gasteiger partial charge in [-0.1, -0.05) is 56.2 Å². The van der Waals surface area contributed by atoms with Crippen LogP contribution in [0.15, 0.2) is 23.8 Å². The van der Waals surface area contributed by atoms with Crippen LogP contribution in [0.1, 0.15) is 62.0 Å². The van der Waals surface area contributed by atoms with Crippen molar-refractivity contribution in [2.75, 3.05) is 0 Å². The Labute approximate surface area is 171 Å². The molecular weight excluding hydrogens is 376 g/mol. The number of hydrogen-bond donors (Lipinski definition) is 2. The van der Waals surface area contributed by atoms with Gasteiger partial charge in [0.2, 0.25) is 0 Å². The Bertz CT molecular complexity index is 853. The molecule has 0 bridgehead atoms. The van der Waals surface area contributed by atoms with Crippen LogP contribution in [0.3, 0.4) is 0 Å². The topological polar surface area (TPSA) is 74.6 Å². The first-order valence-electron chi connectivity index (χ1n) is 9.61. The maximum Gasteiger partial charge on any atom is 0.154 e. The maximum atomic E-state index is 12.2. The van der Waals surface area contributed by atoms with E-state index in [1.54, 1.807) is 6.92 Å². The highest BCUT2D eigenvalue weighted by atomic mass is 35.5. The summed E-state index contributed by atoms with van der Waals surface area (Å²) >= 11 is 6.09. The quantitative estimate of drug-likeness (QED) is 0.497. The number of carbonyl (C=O) groups is 2. The number of hydrogen-bond acceptors (Lipinski definition) is 4. The lowest BCUT2D eigenvalue weighted by Crippen LogP contribution is -2.40. The van der Waals surface area contributed by atoms with Crippen LogP contribution in [0.4, 0.5) is 0 Å². The van der Waals surface area contributed by atoms with Gasteiger partial charge in [0, 0.05) is 17.9 Å². The average Bonchev–Trinajstić information content (AvgIpc) is 2.66. The minimum absolute atomic E-state index is 0.0283. The van der Waals surface area contributed by atoms with Gasteiger partial charge in [-0.2, -0.15) is 0 Å². The number of benzene rings is 1. The Morgan fingerprint density at radius 3 is 2.54 bits per heavy atom. The molecule has 2 rings (SSSR count). The summed E-state index contributed by atoms with van der Waals surface area (Å²) in [6.45, 7) is 9.79. The molecule has 0 amide bonds. The minimum Gasteiger partial charge on any atom is -0.507 e. The molecule has 1 aliphatic rings. The molecule has 0 aromatic heterocycles. The molecule has 4 nitrogen and oxygen atoms in total. The van der Waals surface area contributed by atoms with Crippen LogP contribution in [0.25, 0.3) is 0 Å². The standard InChI is InChI=1S/C23H29ClO4/c1-13(10-11-23(5)14(2)7-9-19(26)16(23)4)6-8-17-21(27)18(12-25)15(3)20(24)22(17)28/h6,10-12,14,16,27-28H,7-9H2,1-5H3/b11-10-,13-6+/t14-,16+,23-/m1/s1. The third-order valence-corrected chi connectivity index (χ3v) is 6.98. The van der Waals surface area contributed by atoms with Crippen LogP contribution in [0, 0.1) is 24.2 Å². The van der Waals surface area contributed by atoms with Crippen LogP contribution < -0.4 is 0 Å². The van der Waals surface area contributed by atoms with Gasteiger partial charge in [0.05, 0.1) is 10.6 Å². The zero-order valence-corrected chi connectivity index (χ0v) is 17.9. The molecule has 0 spiro atoms. The number of rotatable bonds is 5. The highest BCUT2D eigenvalue weighted by Gasteiger charge is 2.41. The Hall–Kier alpha value is -2.07. The molecule has 1 aromatic rings. The van der Waals surface area contributed by atoms with E-state index in [4.69, 9.17) is 11.6 Å². The third kappa shape index (κ3) is 4.02. The van der Waals surface area contributed by atoms with E-state index < -0.39 is 0 Å². The Balaban J connectivity index is 2.28. The van der Waals surface area contributed by atoms with E-state index >= 15 is 0 Å². The molecule has 0 unspecified atom stereocenters. The van der Waals surface area contributed by atoms with Crippen LogP contribution in [0.5, 0.6) is 11.5 Å². The lowest BCUT2D eigenvalue weighted by molar-refractivity contribution is -0.129. The van der Waals surface area contributed by atoms with E-state index in [0.717, 1.165) is 12.0 Å². The number of ketones is 1. The van der Waals surface area contributed by atoms with Gasteiger partial charge < -0.3 is 10.2 Å². The van der Waals surface area contributed by atoms with E-state index in [1.807, 2.05) is 26.0 Å². The van der Waals surface area contributed by atoms with Crippen molar-refractivity contribution in [2.45, 2.75) is 53.9 Å². The monoisotopic (exact) mass is 404 g/mol. The molecule has 28 heavy (non-hydrogen) atoms. The second-order valence-electron chi connectivity index (χ2n) is 8.13. The molecular formula is C23H29ClO4. The fraction of sp³-hybridized carbons (Fsp3) is 0.478. The molecule has 1 saturated carbocycles. The molecule has 0 saturated heterocycles. The molecule has 152 valence electrons. The van der Waals surface area contributed by atoms with Crippen molar-refractivity contribution >= 4 is 23.7 Å². The third-order valence-electron chi connectivity index (χ3n) is 6.52. The van der Waals surface area contributed by atoms with Crippen molar-refractivity contribution in [3.63, 3.8) is 0 Å². The van der Waals surface area contributed by atoms with E-state index in [2.05, 4.69) is 19.9 Å². The predicted octanol–water partition coefficient (Wildman–Crippen LogP) is 5.56. The normalized spacial score (nSPS) is 26.1. The number of aldehydes is 1. The summed E-state index contributed by atoms with van der Waals surface area (Å²) < 4.78 is 0. The Kier molecular flexibility index (Phi) is 6.76. The van der Waals surface area contributed by atoms with Crippen molar-refractivity contribution in [1.82, 2.24) is 0 Å².